The maximum absolute atomic E-state index is 10.4. The number of rotatable bonds is 4. The molecule has 0 saturated carbocycles. The van der Waals surface area contributed by atoms with Crippen LogP contribution in [0.15, 0.2) is 42.5 Å². The van der Waals surface area contributed by atoms with Gasteiger partial charge in [-0.1, -0.05) is 29.8 Å². The third-order valence-electron chi connectivity index (χ3n) is 3.54. The van der Waals surface area contributed by atoms with Crippen molar-refractivity contribution in [2.24, 2.45) is 0 Å². The summed E-state index contributed by atoms with van der Waals surface area (Å²) in [5, 5.41) is 11.0. The zero-order valence-electron chi connectivity index (χ0n) is 11.6. The van der Waals surface area contributed by atoms with Gasteiger partial charge in [-0.3, -0.25) is 0 Å². The molecule has 3 nitrogen and oxygen atoms in total. The minimum atomic E-state index is -0.714. The highest BCUT2D eigenvalue weighted by molar-refractivity contribution is 6.30. The van der Waals surface area contributed by atoms with Crippen molar-refractivity contribution in [1.82, 2.24) is 0 Å². The van der Waals surface area contributed by atoms with Crippen LogP contribution in [0.25, 0.3) is 0 Å². The number of ether oxygens (including phenoxy) is 2. The highest BCUT2D eigenvalue weighted by Crippen LogP contribution is 2.33. The Morgan fingerprint density at radius 3 is 2.81 bits per heavy atom. The molecule has 2 aromatic rings. The fraction of sp³-hybridized carbons (Fsp3) is 0.294. The summed E-state index contributed by atoms with van der Waals surface area (Å²) in [7, 11) is 0. The van der Waals surface area contributed by atoms with Crippen molar-refractivity contribution in [2.75, 3.05) is 13.2 Å². The topological polar surface area (TPSA) is 38.7 Å². The van der Waals surface area contributed by atoms with Gasteiger partial charge in [0.1, 0.15) is 24.2 Å². The van der Waals surface area contributed by atoms with E-state index in [2.05, 4.69) is 0 Å². The number of fused-ring (bicyclic) bond motifs is 1. The van der Waals surface area contributed by atoms with E-state index in [9.17, 15) is 5.11 Å². The summed E-state index contributed by atoms with van der Waals surface area (Å²) in [6, 6.07) is 13.0. The summed E-state index contributed by atoms with van der Waals surface area (Å²) in [6.07, 6.45) is 1.30. The van der Waals surface area contributed by atoms with E-state index in [1.165, 1.54) is 0 Å². The summed E-state index contributed by atoms with van der Waals surface area (Å²) in [5.41, 5.74) is 1.95. The van der Waals surface area contributed by atoms with E-state index in [4.69, 9.17) is 21.1 Å². The summed E-state index contributed by atoms with van der Waals surface area (Å²) in [5.74, 6) is 1.50. The van der Waals surface area contributed by atoms with Crippen LogP contribution >= 0.6 is 11.6 Å². The highest BCUT2D eigenvalue weighted by atomic mass is 35.5. The summed E-state index contributed by atoms with van der Waals surface area (Å²) in [4.78, 5) is 0. The van der Waals surface area contributed by atoms with E-state index >= 15 is 0 Å². The van der Waals surface area contributed by atoms with E-state index in [0.717, 1.165) is 29.7 Å². The monoisotopic (exact) mass is 304 g/mol. The molecule has 0 spiro atoms. The fourth-order valence-corrected chi connectivity index (χ4v) is 2.60. The third-order valence-corrected chi connectivity index (χ3v) is 3.80. The maximum atomic E-state index is 10.4. The Bertz CT molecular complexity index is 610. The van der Waals surface area contributed by atoms with Crippen LogP contribution in [0.5, 0.6) is 11.5 Å². The van der Waals surface area contributed by atoms with Crippen LogP contribution in [0.4, 0.5) is 0 Å². The Hall–Kier alpha value is -1.71. The van der Waals surface area contributed by atoms with E-state index in [1.54, 1.807) is 24.3 Å². The van der Waals surface area contributed by atoms with Crippen molar-refractivity contribution in [2.45, 2.75) is 18.9 Å². The number of halogens is 1. The number of benzene rings is 2. The molecule has 0 fully saturated rings. The van der Waals surface area contributed by atoms with Gasteiger partial charge in [-0.15, -0.1) is 0 Å². The van der Waals surface area contributed by atoms with Crippen LogP contribution in [0.1, 0.15) is 23.7 Å². The van der Waals surface area contributed by atoms with Crippen molar-refractivity contribution in [1.29, 1.82) is 0 Å². The van der Waals surface area contributed by atoms with Gasteiger partial charge < -0.3 is 14.6 Å². The lowest BCUT2D eigenvalue weighted by molar-refractivity contribution is 0.104. The lowest BCUT2D eigenvalue weighted by Crippen LogP contribution is -2.15. The number of para-hydroxylation sites is 1. The summed E-state index contributed by atoms with van der Waals surface area (Å²) >= 11 is 5.83. The predicted molar refractivity (Wildman–Crippen MR) is 82.2 cm³/mol. The quantitative estimate of drug-likeness (QED) is 0.934. The van der Waals surface area contributed by atoms with Crippen LogP contribution in [0.2, 0.25) is 5.02 Å². The lowest BCUT2D eigenvalue weighted by atomic mass is 9.99. The van der Waals surface area contributed by atoms with Crippen molar-refractivity contribution < 1.29 is 14.6 Å². The molecule has 1 aliphatic rings. The number of hydrogen-bond acceptors (Lipinski definition) is 3. The molecule has 110 valence electrons. The van der Waals surface area contributed by atoms with Gasteiger partial charge in [0.25, 0.3) is 0 Å². The Morgan fingerprint density at radius 1 is 1.19 bits per heavy atom. The average Bonchev–Trinajstić information content (AvgIpc) is 2.53. The van der Waals surface area contributed by atoms with Crippen molar-refractivity contribution >= 4 is 11.6 Å². The smallest absolute Gasteiger partial charge is 0.128 e. The Kier molecular flexibility index (Phi) is 4.32. The van der Waals surface area contributed by atoms with E-state index in [-0.39, 0.29) is 6.61 Å². The standard InChI is InChI=1S/C17H17ClO3/c18-13-6-8-14(9-7-13)21-11-16(19)15-5-1-3-12-4-2-10-20-17(12)15/h1,3,5-9,16,19H,2,4,10-11H2. The van der Waals surface area contributed by atoms with Gasteiger partial charge in [0, 0.05) is 10.6 Å². The molecule has 0 bridgehead atoms. The number of aryl methyl sites for hydroxylation is 1. The van der Waals surface area contributed by atoms with Gasteiger partial charge in [-0.2, -0.15) is 0 Å². The summed E-state index contributed by atoms with van der Waals surface area (Å²) < 4.78 is 11.3. The van der Waals surface area contributed by atoms with Crippen molar-refractivity contribution in [3.05, 3.63) is 58.6 Å². The molecule has 21 heavy (non-hydrogen) atoms. The molecule has 3 rings (SSSR count). The molecule has 1 aliphatic heterocycles. The largest absolute Gasteiger partial charge is 0.493 e. The zero-order valence-corrected chi connectivity index (χ0v) is 12.3. The first-order valence-electron chi connectivity index (χ1n) is 7.05. The molecular weight excluding hydrogens is 288 g/mol. The second-order valence-corrected chi connectivity index (χ2v) is 5.50. The van der Waals surface area contributed by atoms with Gasteiger partial charge >= 0.3 is 0 Å². The van der Waals surface area contributed by atoms with E-state index in [1.807, 2.05) is 18.2 Å². The molecule has 0 amide bonds. The Balaban J connectivity index is 1.70. The SMILES string of the molecule is OC(COc1ccc(Cl)cc1)c1cccc2c1OCCC2. The molecule has 1 heterocycles. The lowest BCUT2D eigenvalue weighted by Gasteiger charge is -2.22. The number of aliphatic hydroxyl groups is 1. The Morgan fingerprint density at radius 2 is 2.00 bits per heavy atom. The number of aliphatic hydroxyl groups excluding tert-OH is 1. The normalized spacial score (nSPS) is 15.0. The van der Waals surface area contributed by atoms with Crippen LogP contribution in [-0.4, -0.2) is 18.3 Å². The molecule has 1 N–H and O–H groups in total. The molecule has 1 atom stereocenters. The van der Waals surface area contributed by atoms with Gasteiger partial charge in [0.15, 0.2) is 0 Å². The molecule has 0 radical (unpaired) electrons. The molecule has 4 heteroatoms. The van der Waals surface area contributed by atoms with Crippen molar-refractivity contribution in [3.63, 3.8) is 0 Å². The van der Waals surface area contributed by atoms with Gasteiger partial charge in [0.2, 0.25) is 0 Å². The second kappa shape index (κ2) is 6.37. The van der Waals surface area contributed by atoms with Gasteiger partial charge in [-0.05, 0) is 42.7 Å². The molecule has 2 aromatic carbocycles. The first-order chi connectivity index (χ1) is 10.2. The van der Waals surface area contributed by atoms with Gasteiger partial charge in [-0.25, -0.2) is 0 Å². The summed E-state index contributed by atoms with van der Waals surface area (Å²) in [6.45, 7) is 0.885. The molecule has 0 aliphatic carbocycles. The molecule has 0 aromatic heterocycles. The van der Waals surface area contributed by atoms with Crippen LogP contribution in [0.3, 0.4) is 0 Å². The minimum Gasteiger partial charge on any atom is -0.493 e. The van der Waals surface area contributed by atoms with Crippen LogP contribution < -0.4 is 9.47 Å². The number of hydrogen-bond donors (Lipinski definition) is 1. The molecule has 1 unspecified atom stereocenters. The van der Waals surface area contributed by atoms with Crippen molar-refractivity contribution in [3.8, 4) is 11.5 Å². The molecule has 0 saturated heterocycles. The first kappa shape index (κ1) is 14.2. The third kappa shape index (κ3) is 3.31. The maximum Gasteiger partial charge on any atom is 0.128 e. The highest BCUT2D eigenvalue weighted by Gasteiger charge is 2.19. The second-order valence-electron chi connectivity index (χ2n) is 5.07. The van der Waals surface area contributed by atoms with E-state index < -0.39 is 6.10 Å². The average molecular weight is 305 g/mol. The molecular formula is C17H17ClO3. The van der Waals surface area contributed by atoms with Crippen LogP contribution in [-0.2, 0) is 6.42 Å². The fourth-order valence-electron chi connectivity index (χ4n) is 2.47. The predicted octanol–water partition coefficient (Wildman–Crippen LogP) is 3.78. The van der Waals surface area contributed by atoms with Gasteiger partial charge in [0.05, 0.1) is 6.61 Å². The Labute approximate surface area is 129 Å². The van der Waals surface area contributed by atoms with Crippen LogP contribution in [0, 0.1) is 0 Å². The van der Waals surface area contributed by atoms with E-state index in [0.29, 0.717) is 17.4 Å². The zero-order chi connectivity index (χ0) is 14.7. The first-order valence-corrected chi connectivity index (χ1v) is 7.43. The minimum absolute atomic E-state index is 0.182.